The molecule has 0 saturated heterocycles. The summed E-state index contributed by atoms with van der Waals surface area (Å²) in [5.41, 5.74) is 7.89. The van der Waals surface area contributed by atoms with Gasteiger partial charge in [-0.05, 0) is 37.6 Å². The molecule has 3 N–H and O–H groups in total. The van der Waals surface area contributed by atoms with E-state index in [1.54, 1.807) is 19.2 Å². The number of rotatable bonds is 4. The number of nitrogens with one attached hydrogen (secondary N) is 1. The highest BCUT2D eigenvalue weighted by molar-refractivity contribution is 5.95. The van der Waals surface area contributed by atoms with Crippen LogP contribution in [0.4, 0.5) is 0 Å². The topological polar surface area (TPSA) is 81.2 Å². The Hall–Kier alpha value is -2.56. The molecule has 0 aliphatic carbocycles. The lowest BCUT2D eigenvalue weighted by Crippen LogP contribution is -2.11. The van der Waals surface area contributed by atoms with Gasteiger partial charge in [-0.2, -0.15) is 0 Å². The fourth-order valence-corrected chi connectivity index (χ4v) is 1.82. The highest BCUT2D eigenvalue weighted by Gasteiger charge is 2.09. The minimum absolute atomic E-state index is 0.0174. The highest BCUT2D eigenvalue weighted by atomic mass is 16.5. The number of methoxy groups -OCH3 is 1. The van der Waals surface area contributed by atoms with Crippen molar-refractivity contribution in [2.24, 2.45) is 5.73 Å². The number of hydrogen-bond donors (Lipinski definition) is 2. The highest BCUT2D eigenvalue weighted by Crippen LogP contribution is 2.31. The number of aromatic nitrogens is 1. The number of hydrogen-bond acceptors (Lipinski definition) is 4. The Balaban J connectivity index is 2.37. The summed E-state index contributed by atoms with van der Waals surface area (Å²) in [6, 6.07) is 9.01. The van der Waals surface area contributed by atoms with Gasteiger partial charge in [0.2, 0.25) is 5.88 Å². The molecule has 0 fully saturated rings. The monoisotopic (exact) mass is 271 g/mol. The molecule has 0 unspecified atom stereocenters. The van der Waals surface area contributed by atoms with Gasteiger partial charge in [-0.15, -0.1) is 0 Å². The number of pyridine rings is 1. The molecule has 104 valence electrons. The molecule has 2 aromatic rings. The first-order valence-corrected chi connectivity index (χ1v) is 6.15. The van der Waals surface area contributed by atoms with Crippen LogP contribution in [0, 0.1) is 19.3 Å². The number of nitrogen functional groups attached to an aromatic ring is 1. The lowest BCUT2D eigenvalue weighted by molar-refractivity contribution is 0.373. The SMILES string of the molecule is COc1cc(C)ccc1Oc1cc(C(=N)N)cc(C)n1. The summed E-state index contributed by atoms with van der Waals surface area (Å²) in [4.78, 5) is 4.28. The van der Waals surface area contributed by atoms with Gasteiger partial charge in [0.1, 0.15) is 5.84 Å². The number of nitrogens with zero attached hydrogens (tertiary/aromatic N) is 1. The molecule has 2 rings (SSSR count). The van der Waals surface area contributed by atoms with Crippen molar-refractivity contribution in [1.29, 1.82) is 5.41 Å². The third kappa shape index (κ3) is 3.06. The maximum absolute atomic E-state index is 7.48. The van der Waals surface area contributed by atoms with E-state index < -0.39 is 0 Å². The van der Waals surface area contributed by atoms with Crippen LogP contribution in [0.1, 0.15) is 16.8 Å². The standard InChI is InChI=1S/C15H17N3O2/c1-9-4-5-12(13(6-9)19-3)20-14-8-11(15(16)17)7-10(2)18-14/h4-8H,1-3H3,(H3,16,17). The van der Waals surface area contributed by atoms with Crippen LogP contribution >= 0.6 is 0 Å². The van der Waals surface area contributed by atoms with E-state index >= 15 is 0 Å². The molecule has 0 spiro atoms. The van der Waals surface area contributed by atoms with Gasteiger partial charge in [-0.3, -0.25) is 5.41 Å². The predicted molar refractivity (Wildman–Crippen MR) is 77.8 cm³/mol. The summed E-state index contributed by atoms with van der Waals surface area (Å²) in [6.45, 7) is 3.80. The molecular formula is C15H17N3O2. The Bertz CT molecular complexity index is 654. The predicted octanol–water partition coefficient (Wildman–Crippen LogP) is 2.78. The van der Waals surface area contributed by atoms with Gasteiger partial charge < -0.3 is 15.2 Å². The third-order valence-corrected chi connectivity index (χ3v) is 2.77. The Morgan fingerprint density at radius 1 is 1.15 bits per heavy atom. The van der Waals surface area contributed by atoms with Crippen LogP contribution in [0.2, 0.25) is 0 Å². The molecule has 0 aliphatic heterocycles. The van der Waals surface area contributed by atoms with Gasteiger partial charge in [0, 0.05) is 17.3 Å². The van der Waals surface area contributed by atoms with E-state index in [1.807, 2.05) is 32.0 Å². The first-order valence-electron chi connectivity index (χ1n) is 6.15. The second-order valence-electron chi connectivity index (χ2n) is 4.51. The van der Waals surface area contributed by atoms with Crippen LogP contribution in [-0.4, -0.2) is 17.9 Å². The maximum atomic E-state index is 7.48. The van der Waals surface area contributed by atoms with Crippen molar-refractivity contribution in [3.05, 3.63) is 47.2 Å². The van der Waals surface area contributed by atoms with Crippen molar-refractivity contribution in [3.63, 3.8) is 0 Å². The Morgan fingerprint density at radius 3 is 2.55 bits per heavy atom. The average molecular weight is 271 g/mol. The number of nitrogens with two attached hydrogens (primary N) is 1. The summed E-state index contributed by atoms with van der Waals surface area (Å²) in [7, 11) is 1.59. The molecule has 1 aromatic heterocycles. The fourth-order valence-electron chi connectivity index (χ4n) is 1.82. The van der Waals surface area contributed by atoms with Gasteiger partial charge in [-0.25, -0.2) is 4.98 Å². The van der Waals surface area contributed by atoms with Gasteiger partial charge in [0.15, 0.2) is 11.5 Å². The number of amidine groups is 1. The first-order chi connectivity index (χ1) is 9.49. The molecule has 0 amide bonds. The Labute approximate surface area is 117 Å². The van der Waals surface area contributed by atoms with Crippen molar-refractivity contribution in [3.8, 4) is 17.4 Å². The van der Waals surface area contributed by atoms with E-state index in [1.165, 1.54) is 0 Å². The summed E-state index contributed by atoms with van der Waals surface area (Å²) in [6.07, 6.45) is 0. The van der Waals surface area contributed by atoms with E-state index in [-0.39, 0.29) is 5.84 Å². The van der Waals surface area contributed by atoms with Crippen molar-refractivity contribution in [2.45, 2.75) is 13.8 Å². The van der Waals surface area contributed by atoms with Gasteiger partial charge >= 0.3 is 0 Å². The molecule has 0 bridgehead atoms. The van der Waals surface area contributed by atoms with Crippen molar-refractivity contribution >= 4 is 5.84 Å². The minimum atomic E-state index is -0.0174. The first kappa shape index (κ1) is 13.9. The molecule has 5 nitrogen and oxygen atoms in total. The fraction of sp³-hybridized carbons (Fsp3) is 0.200. The van der Waals surface area contributed by atoms with Crippen molar-refractivity contribution in [2.75, 3.05) is 7.11 Å². The molecule has 0 saturated carbocycles. The van der Waals surface area contributed by atoms with Crippen LogP contribution in [0.5, 0.6) is 17.4 Å². The zero-order valence-electron chi connectivity index (χ0n) is 11.7. The van der Waals surface area contributed by atoms with Gasteiger partial charge in [0.25, 0.3) is 0 Å². The summed E-state index contributed by atoms with van der Waals surface area (Å²) in [5, 5.41) is 7.48. The summed E-state index contributed by atoms with van der Waals surface area (Å²) < 4.78 is 11.0. The molecule has 1 aromatic carbocycles. The minimum Gasteiger partial charge on any atom is -0.493 e. The van der Waals surface area contributed by atoms with Gasteiger partial charge in [-0.1, -0.05) is 6.07 Å². The van der Waals surface area contributed by atoms with Crippen LogP contribution < -0.4 is 15.2 Å². The van der Waals surface area contributed by atoms with E-state index in [0.717, 1.165) is 11.3 Å². The average Bonchev–Trinajstić information content (AvgIpc) is 2.40. The molecular weight excluding hydrogens is 254 g/mol. The van der Waals surface area contributed by atoms with Crippen LogP contribution in [-0.2, 0) is 0 Å². The molecule has 5 heteroatoms. The van der Waals surface area contributed by atoms with Gasteiger partial charge in [0.05, 0.1) is 7.11 Å². The Morgan fingerprint density at radius 2 is 1.90 bits per heavy atom. The lowest BCUT2D eigenvalue weighted by Gasteiger charge is -2.11. The third-order valence-electron chi connectivity index (χ3n) is 2.77. The maximum Gasteiger partial charge on any atom is 0.220 e. The summed E-state index contributed by atoms with van der Waals surface area (Å²) >= 11 is 0. The van der Waals surface area contributed by atoms with Crippen molar-refractivity contribution < 1.29 is 9.47 Å². The summed E-state index contributed by atoms with van der Waals surface area (Å²) in [5.74, 6) is 1.58. The number of ether oxygens (including phenoxy) is 2. The van der Waals surface area contributed by atoms with Crippen molar-refractivity contribution in [1.82, 2.24) is 4.98 Å². The van der Waals surface area contributed by atoms with Crippen LogP contribution in [0.3, 0.4) is 0 Å². The quantitative estimate of drug-likeness (QED) is 0.661. The van der Waals surface area contributed by atoms with Crippen LogP contribution in [0.25, 0.3) is 0 Å². The normalized spacial score (nSPS) is 10.2. The second kappa shape index (κ2) is 5.61. The zero-order chi connectivity index (χ0) is 14.7. The lowest BCUT2D eigenvalue weighted by atomic mass is 10.2. The smallest absolute Gasteiger partial charge is 0.220 e. The number of benzene rings is 1. The molecule has 0 aliphatic rings. The zero-order valence-corrected chi connectivity index (χ0v) is 11.7. The Kier molecular flexibility index (Phi) is 3.89. The van der Waals surface area contributed by atoms with E-state index in [2.05, 4.69) is 4.98 Å². The molecule has 0 atom stereocenters. The molecule has 1 heterocycles. The molecule has 20 heavy (non-hydrogen) atoms. The van der Waals surface area contributed by atoms with E-state index in [4.69, 9.17) is 20.6 Å². The second-order valence-corrected chi connectivity index (χ2v) is 4.51. The van der Waals surface area contributed by atoms with E-state index in [9.17, 15) is 0 Å². The van der Waals surface area contributed by atoms with E-state index in [0.29, 0.717) is 22.9 Å². The number of aryl methyl sites for hydroxylation is 2. The largest absolute Gasteiger partial charge is 0.493 e. The molecule has 0 radical (unpaired) electrons. The van der Waals surface area contributed by atoms with Crippen LogP contribution in [0.15, 0.2) is 30.3 Å².